The van der Waals surface area contributed by atoms with Gasteiger partial charge in [-0.15, -0.1) is 27.3 Å². The molecule has 1 aromatic heterocycles. The van der Waals surface area contributed by atoms with Crippen LogP contribution in [-0.2, 0) is 0 Å². The number of fused-ring (bicyclic) bond motifs is 6. The summed E-state index contributed by atoms with van der Waals surface area (Å²) in [5.41, 5.74) is 35.8. The summed E-state index contributed by atoms with van der Waals surface area (Å²) in [6, 6.07) is 15.7. The van der Waals surface area contributed by atoms with Gasteiger partial charge in [0.1, 0.15) is 160 Å². The van der Waals surface area contributed by atoms with E-state index in [-0.39, 0.29) is 0 Å². The summed E-state index contributed by atoms with van der Waals surface area (Å²) in [6.45, 7) is 0. The second-order valence-electron chi connectivity index (χ2n) is 19.3. The van der Waals surface area contributed by atoms with E-state index in [0.717, 1.165) is 11.2 Å². The molecule has 0 fully saturated rings. The van der Waals surface area contributed by atoms with Crippen molar-refractivity contribution >= 4 is 307 Å². The standard InChI is InChI=1S/C42H45B19O/c43-22-18(31(52)39(60)41-20(22)21-32(53)37(58)38(59)40(61)42(21)62-41)12-14-16(27(48)35(56)33(54)25(14)46)13(17-15(12)26(47)34(55)36(57)28(17)49)19-29(50)23(44)11(24(45)30(19)51)10-6-5-8-3-1-2-4-9(8)7-10/h1-7H,43-61H2. The first-order valence-corrected chi connectivity index (χ1v) is 22.7. The molecule has 9 aromatic rings. The van der Waals surface area contributed by atoms with Gasteiger partial charge in [-0.3, -0.25) is 0 Å². The van der Waals surface area contributed by atoms with Crippen molar-refractivity contribution in [3.8, 4) is 33.4 Å². The molecule has 0 aliphatic rings. The van der Waals surface area contributed by atoms with Crippen LogP contribution in [0.5, 0.6) is 0 Å². The van der Waals surface area contributed by atoms with Gasteiger partial charge >= 0.3 is 0 Å². The lowest BCUT2D eigenvalue weighted by atomic mass is 9.56. The second kappa shape index (κ2) is 14.8. The van der Waals surface area contributed by atoms with Gasteiger partial charge in [0.25, 0.3) is 0 Å². The summed E-state index contributed by atoms with van der Waals surface area (Å²) >= 11 is 0. The van der Waals surface area contributed by atoms with Crippen LogP contribution >= 0.6 is 0 Å². The first-order chi connectivity index (χ1) is 29.2. The highest BCUT2D eigenvalue weighted by Crippen LogP contribution is 2.40. The molecule has 8 aromatic carbocycles. The fourth-order valence-corrected chi connectivity index (χ4v) is 11.8. The highest BCUT2D eigenvalue weighted by atomic mass is 16.3. The van der Waals surface area contributed by atoms with Gasteiger partial charge in [-0.25, -0.2) is 0 Å². The summed E-state index contributed by atoms with van der Waals surface area (Å²) in [5.74, 6) is 0. The number of benzene rings is 8. The molecule has 0 atom stereocenters. The molecule has 62 heavy (non-hydrogen) atoms. The van der Waals surface area contributed by atoms with E-state index in [0.29, 0.717) is 0 Å². The Morgan fingerprint density at radius 2 is 0.565 bits per heavy atom. The molecule has 0 amide bonds. The zero-order valence-corrected chi connectivity index (χ0v) is 40.9. The van der Waals surface area contributed by atoms with Crippen LogP contribution in [0.3, 0.4) is 0 Å². The maximum absolute atomic E-state index is 7.00. The first kappa shape index (κ1) is 42.9. The van der Waals surface area contributed by atoms with Crippen molar-refractivity contribution in [2.24, 2.45) is 0 Å². The van der Waals surface area contributed by atoms with Crippen molar-refractivity contribution in [1.29, 1.82) is 0 Å². The smallest absolute Gasteiger partial charge is 0.143 e. The molecule has 0 spiro atoms. The molecule has 0 aliphatic carbocycles. The third kappa shape index (κ3) is 5.62. The predicted molar refractivity (Wildman–Crippen MR) is 338 cm³/mol. The molecule has 20 heteroatoms. The number of furan rings is 1. The average Bonchev–Trinajstić information content (AvgIpc) is 3.67. The fourth-order valence-electron chi connectivity index (χ4n) is 11.8. The first-order valence-electron chi connectivity index (χ1n) is 22.7. The highest BCUT2D eigenvalue weighted by Gasteiger charge is 2.30. The largest absolute Gasteiger partial charge is 0.457 e. The summed E-state index contributed by atoms with van der Waals surface area (Å²) in [4.78, 5) is 0. The van der Waals surface area contributed by atoms with Gasteiger partial charge in [-0.2, -0.15) is 0 Å². The Kier molecular flexibility index (Phi) is 10.2. The van der Waals surface area contributed by atoms with Gasteiger partial charge in [-0.1, -0.05) is 113 Å². The minimum Gasteiger partial charge on any atom is -0.457 e. The van der Waals surface area contributed by atoms with Crippen LogP contribution in [0.4, 0.5) is 0 Å². The summed E-state index contributed by atoms with van der Waals surface area (Å²) in [6.07, 6.45) is 0. The van der Waals surface area contributed by atoms with Gasteiger partial charge in [0.05, 0.1) is 0 Å². The van der Waals surface area contributed by atoms with Crippen molar-refractivity contribution in [2.75, 3.05) is 0 Å². The van der Waals surface area contributed by atoms with Crippen LogP contribution < -0.4 is 104 Å². The molecule has 1 nitrogen and oxygen atoms in total. The summed E-state index contributed by atoms with van der Waals surface area (Å²) < 4.78 is 7.00. The zero-order chi connectivity index (χ0) is 44.9. The van der Waals surface area contributed by atoms with Crippen LogP contribution in [0.15, 0.2) is 46.9 Å². The van der Waals surface area contributed by atoms with Gasteiger partial charge in [0, 0.05) is 10.8 Å². The van der Waals surface area contributed by atoms with E-state index in [2.05, 4.69) is 192 Å². The number of hydrogen-bond acceptors (Lipinski definition) is 1. The van der Waals surface area contributed by atoms with Gasteiger partial charge in [0.2, 0.25) is 0 Å². The van der Waals surface area contributed by atoms with Crippen molar-refractivity contribution in [3.05, 3.63) is 42.5 Å². The van der Waals surface area contributed by atoms with Gasteiger partial charge in [0.15, 0.2) is 0 Å². The van der Waals surface area contributed by atoms with E-state index in [4.69, 9.17) is 4.42 Å². The lowest BCUT2D eigenvalue weighted by Crippen LogP contribution is -2.51. The molecule has 0 saturated carbocycles. The SMILES string of the molecule is Bc1c(B)c(-c2c3c(B)c(B)c(B)c(B)c3c(-c3c(B)c(B)c4oc5c(B)c(B)c(B)c(B)c5c4c3B)c3c(B)c(B)c(B)c(B)c23)c(B)c(B)c1-c1ccc2ccccc2c1. The van der Waals surface area contributed by atoms with Crippen LogP contribution in [0, 0.1) is 0 Å². The van der Waals surface area contributed by atoms with Crippen molar-refractivity contribution < 1.29 is 4.42 Å². The number of rotatable bonds is 3. The second-order valence-corrected chi connectivity index (χ2v) is 19.3. The van der Waals surface area contributed by atoms with E-state index in [1.165, 1.54) is 180 Å². The Balaban J connectivity index is 1.54. The fraction of sp³-hybridized carbons (Fsp3) is 0. The quantitative estimate of drug-likeness (QED) is 0.129. The Bertz CT molecular complexity index is 3460. The van der Waals surface area contributed by atoms with E-state index >= 15 is 0 Å². The maximum atomic E-state index is 7.00. The Morgan fingerprint density at radius 1 is 0.242 bits per heavy atom. The van der Waals surface area contributed by atoms with Crippen molar-refractivity contribution in [1.82, 2.24) is 0 Å². The van der Waals surface area contributed by atoms with Gasteiger partial charge < -0.3 is 4.42 Å². The lowest BCUT2D eigenvalue weighted by molar-refractivity contribution is 0.675. The van der Waals surface area contributed by atoms with Crippen LogP contribution in [0.1, 0.15) is 0 Å². The van der Waals surface area contributed by atoms with Crippen molar-refractivity contribution in [3.63, 3.8) is 0 Å². The van der Waals surface area contributed by atoms with Crippen LogP contribution in [0.2, 0.25) is 0 Å². The van der Waals surface area contributed by atoms with E-state index in [1.807, 2.05) is 0 Å². The number of hydrogen-bond donors (Lipinski definition) is 0. The minimum atomic E-state index is 1.03. The predicted octanol–water partition coefficient (Wildman–Crippen LogP) is -21.0. The molecule has 1 heterocycles. The molecular formula is C42H45B19O. The zero-order valence-electron chi connectivity index (χ0n) is 40.9. The van der Waals surface area contributed by atoms with E-state index in [9.17, 15) is 0 Å². The summed E-state index contributed by atoms with van der Waals surface area (Å²) in [7, 11) is 44.6. The third-order valence-corrected chi connectivity index (χ3v) is 16.9. The Morgan fingerprint density at radius 3 is 1.02 bits per heavy atom. The van der Waals surface area contributed by atoms with Gasteiger partial charge in [-0.05, 0) is 71.8 Å². The lowest BCUT2D eigenvalue weighted by Gasteiger charge is -2.32. The summed E-state index contributed by atoms with van der Waals surface area (Å²) in [5, 5.41) is 10.7. The Hall–Kier alpha value is -4.43. The maximum Gasteiger partial charge on any atom is 0.143 e. The molecule has 0 unspecified atom stereocenters. The van der Waals surface area contributed by atoms with E-state index < -0.39 is 0 Å². The topological polar surface area (TPSA) is 13.1 Å². The molecule has 0 N–H and O–H groups in total. The van der Waals surface area contributed by atoms with Crippen molar-refractivity contribution in [2.45, 2.75) is 0 Å². The minimum absolute atomic E-state index is 1.03. The Labute approximate surface area is 385 Å². The molecule has 0 saturated heterocycles. The monoisotopic (exact) mass is 775 g/mol. The highest BCUT2D eigenvalue weighted by molar-refractivity contribution is 6.74. The van der Waals surface area contributed by atoms with Crippen LogP contribution in [-0.4, -0.2) is 149 Å². The van der Waals surface area contributed by atoms with E-state index in [1.54, 1.807) is 0 Å². The molecule has 0 aliphatic heterocycles. The molecule has 0 radical (unpaired) electrons. The normalized spacial score (nSPS) is 11.8. The molecule has 9 rings (SSSR count). The van der Waals surface area contributed by atoms with Crippen LogP contribution in [0.25, 0.3) is 87.6 Å². The average molecular weight is 771 g/mol. The molecular weight excluding hydrogens is 726 g/mol. The molecule has 0 bridgehead atoms. The molecule has 276 valence electrons. The third-order valence-electron chi connectivity index (χ3n) is 16.9.